The van der Waals surface area contributed by atoms with E-state index in [0.717, 1.165) is 5.56 Å². The molecular formula is C6H7N5O. The molecule has 2 aromatic rings. The van der Waals surface area contributed by atoms with E-state index >= 15 is 0 Å². The zero-order valence-corrected chi connectivity index (χ0v) is 6.18. The van der Waals surface area contributed by atoms with Crippen molar-refractivity contribution in [1.29, 1.82) is 0 Å². The SMILES string of the molecule is ONCc1cnc2ncnn2c1. The first kappa shape index (κ1) is 7.14. The average molecular weight is 165 g/mol. The molecule has 0 spiro atoms. The van der Waals surface area contributed by atoms with Gasteiger partial charge >= 0.3 is 0 Å². The Kier molecular flexibility index (Phi) is 1.69. The average Bonchev–Trinajstić information content (AvgIpc) is 2.51. The first-order valence-electron chi connectivity index (χ1n) is 3.41. The van der Waals surface area contributed by atoms with Gasteiger partial charge in [0.15, 0.2) is 0 Å². The third kappa shape index (κ3) is 1.13. The van der Waals surface area contributed by atoms with E-state index in [9.17, 15) is 0 Å². The van der Waals surface area contributed by atoms with Crippen LogP contribution >= 0.6 is 0 Å². The summed E-state index contributed by atoms with van der Waals surface area (Å²) in [5.74, 6) is 0.552. The Morgan fingerprint density at radius 1 is 1.50 bits per heavy atom. The number of aromatic nitrogens is 4. The highest BCUT2D eigenvalue weighted by atomic mass is 16.5. The van der Waals surface area contributed by atoms with E-state index in [4.69, 9.17) is 5.21 Å². The molecule has 0 atom stereocenters. The Bertz CT molecular complexity index is 384. The van der Waals surface area contributed by atoms with Crippen LogP contribution in [0.25, 0.3) is 5.78 Å². The van der Waals surface area contributed by atoms with Gasteiger partial charge in [0, 0.05) is 24.5 Å². The van der Waals surface area contributed by atoms with Gasteiger partial charge in [-0.25, -0.2) is 15.0 Å². The van der Waals surface area contributed by atoms with Gasteiger partial charge in [-0.2, -0.15) is 10.1 Å². The Labute approximate surface area is 67.8 Å². The second-order valence-corrected chi connectivity index (χ2v) is 2.30. The van der Waals surface area contributed by atoms with Crippen LogP contribution in [-0.2, 0) is 6.54 Å². The number of hydrogen-bond donors (Lipinski definition) is 2. The molecule has 0 radical (unpaired) electrons. The quantitative estimate of drug-likeness (QED) is 0.592. The number of nitrogens with one attached hydrogen (secondary N) is 1. The number of nitrogens with zero attached hydrogens (tertiary/aromatic N) is 4. The maximum absolute atomic E-state index is 8.42. The molecule has 2 heterocycles. The number of hydrogen-bond acceptors (Lipinski definition) is 5. The van der Waals surface area contributed by atoms with Gasteiger partial charge in [0.05, 0.1) is 0 Å². The lowest BCUT2D eigenvalue weighted by Crippen LogP contribution is -2.07. The standard InChI is InChI=1S/C6H7N5O/c12-10-2-5-1-7-6-8-4-9-11(6)3-5/h1,3-4,10,12H,2H2. The van der Waals surface area contributed by atoms with Gasteiger partial charge in [-0.15, -0.1) is 0 Å². The third-order valence-electron chi connectivity index (χ3n) is 1.47. The minimum atomic E-state index is 0.350. The molecule has 0 bridgehead atoms. The van der Waals surface area contributed by atoms with Crippen molar-refractivity contribution in [1.82, 2.24) is 25.1 Å². The van der Waals surface area contributed by atoms with Crippen molar-refractivity contribution in [3.8, 4) is 0 Å². The van der Waals surface area contributed by atoms with Crippen LogP contribution in [0.15, 0.2) is 18.7 Å². The molecule has 0 fully saturated rings. The molecule has 0 unspecified atom stereocenters. The van der Waals surface area contributed by atoms with Crippen molar-refractivity contribution in [3.05, 3.63) is 24.3 Å². The predicted molar refractivity (Wildman–Crippen MR) is 39.4 cm³/mol. The van der Waals surface area contributed by atoms with Crippen LogP contribution in [-0.4, -0.2) is 24.8 Å². The van der Waals surface area contributed by atoms with E-state index in [1.165, 1.54) is 6.33 Å². The summed E-state index contributed by atoms with van der Waals surface area (Å²) in [4.78, 5) is 7.88. The van der Waals surface area contributed by atoms with E-state index in [0.29, 0.717) is 12.3 Å². The summed E-state index contributed by atoms with van der Waals surface area (Å²) in [5, 5.41) is 12.3. The van der Waals surface area contributed by atoms with Crippen LogP contribution < -0.4 is 5.48 Å². The van der Waals surface area contributed by atoms with Crippen molar-refractivity contribution >= 4 is 5.78 Å². The second kappa shape index (κ2) is 2.84. The molecule has 12 heavy (non-hydrogen) atoms. The molecule has 6 nitrogen and oxygen atoms in total. The Balaban J connectivity index is 2.46. The van der Waals surface area contributed by atoms with Crippen LogP contribution in [0.1, 0.15) is 5.56 Å². The molecule has 62 valence electrons. The molecule has 2 N–H and O–H groups in total. The fourth-order valence-corrected chi connectivity index (χ4v) is 0.941. The minimum Gasteiger partial charge on any atom is -0.316 e. The molecule has 0 amide bonds. The topological polar surface area (TPSA) is 75.3 Å². The van der Waals surface area contributed by atoms with Gasteiger partial charge in [-0.3, -0.25) is 0 Å². The summed E-state index contributed by atoms with van der Waals surface area (Å²) in [6.45, 7) is 0.350. The van der Waals surface area contributed by atoms with Crippen molar-refractivity contribution in [3.63, 3.8) is 0 Å². The summed E-state index contributed by atoms with van der Waals surface area (Å²) in [5.41, 5.74) is 2.88. The van der Waals surface area contributed by atoms with E-state index in [2.05, 4.69) is 15.1 Å². The van der Waals surface area contributed by atoms with Crippen molar-refractivity contribution in [2.45, 2.75) is 6.54 Å². The van der Waals surface area contributed by atoms with Gasteiger partial charge < -0.3 is 5.21 Å². The largest absolute Gasteiger partial charge is 0.316 e. The second-order valence-electron chi connectivity index (χ2n) is 2.30. The third-order valence-corrected chi connectivity index (χ3v) is 1.47. The molecule has 0 saturated heterocycles. The lowest BCUT2D eigenvalue weighted by Gasteiger charge is -1.97. The highest BCUT2D eigenvalue weighted by Crippen LogP contribution is 1.97. The summed E-state index contributed by atoms with van der Waals surface area (Å²) >= 11 is 0. The highest BCUT2D eigenvalue weighted by Gasteiger charge is 1.97. The molecule has 2 rings (SSSR count). The number of rotatable bonds is 2. The Morgan fingerprint density at radius 3 is 3.25 bits per heavy atom. The molecule has 0 aromatic carbocycles. The molecule has 0 saturated carbocycles. The number of fused-ring (bicyclic) bond motifs is 1. The van der Waals surface area contributed by atoms with E-state index in [-0.39, 0.29) is 0 Å². The molecule has 0 aliphatic heterocycles. The normalized spacial score (nSPS) is 10.8. The van der Waals surface area contributed by atoms with E-state index in [1.807, 2.05) is 5.48 Å². The Morgan fingerprint density at radius 2 is 2.42 bits per heavy atom. The summed E-state index contributed by atoms with van der Waals surface area (Å²) < 4.78 is 1.55. The van der Waals surface area contributed by atoms with Gasteiger partial charge in [-0.05, 0) is 0 Å². The molecule has 0 aliphatic rings. The number of hydroxylamine groups is 1. The summed E-state index contributed by atoms with van der Waals surface area (Å²) in [7, 11) is 0. The zero-order chi connectivity index (χ0) is 8.39. The molecular weight excluding hydrogens is 158 g/mol. The fourth-order valence-electron chi connectivity index (χ4n) is 0.941. The smallest absolute Gasteiger partial charge is 0.252 e. The summed E-state index contributed by atoms with van der Waals surface area (Å²) in [6.07, 6.45) is 4.81. The first-order chi connectivity index (χ1) is 5.90. The maximum Gasteiger partial charge on any atom is 0.252 e. The van der Waals surface area contributed by atoms with Crippen molar-refractivity contribution < 1.29 is 5.21 Å². The van der Waals surface area contributed by atoms with Crippen LogP contribution in [0.4, 0.5) is 0 Å². The monoisotopic (exact) mass is 165 g/mol. The Hall–Kier alpha value is -1.53. The zero-order valence-electron chi connectivity index (χ0n) is 6.18. The van der Waals surface area contributed by atoms with Gasteiger partial charge in [0.1, 0.15) is 6.33 Å². The van der Waals surface area contributed by atoms with Crippen molar-refractivity contribution in [2.24, 2.45) is 0 Å². The lowest BCUT2D eigenvalue weighted by atomic mass is 10.3. The molecule has 0 aliphatic carbocycles. The minimum absolute atomic E-state index is 0.350. The summed E-state index contributed by atoms with van der Waals surface area (Å²) in [6, 6.07) is 0. The van der Waals surface area contributed by atoms with Crippen LogP contribution in [0.5, 0.6) is 0 Å². The van der Waals surface area contributed by atoms with Crippen LogP contribution in [0.3, 0.4) is 0 Å². The fraction of sp³-hybridized carbons (Fsp3) is 0.167. The van der Waals surface area contributed by atoms with Crippen LogP contribution in [0.2, 0.25) is 0 Å². The lowest BCUT2D eigenvalue weighted by molar-refractivity contribution is 0.161. The maximum atomic E-state index is 8.42. The van der Waals surface area contributed by atoms with E-state index < -0.39 is 0 Å². The van der Waals surface area contributed by atoms with Gasteiger partial charge in [0.2, 0.25) is 0 Å². The van der Waals surface area contributed by atoms with E-state index in [1.54, 1.807) is 16.9 Å². The van der Waals surface area contributed by atoms with Gasteiger partial charge in [0.25, 0.3) is 5.78 Å². The van der Waals surface area contributed by atoms with Gasteiger partial charge in [-0.1, -0.05) is 0 Å². The first-order valence-corrected chi connectivity index (χ1v) is 3.41. The van der Waals surface area contributed by atoms with Crippen LogP contribution in [0, 0.1) is 0 Å². The molecule has 6 heteroatoms. The predicted octanol–water partition coefficient (Wildman–Crippen LogP) is -0.397. The molecule has 2 aromatic heterocycles. The highest BCUT2D eigenvalue weighted by molar-refractivity contribution is 5.25. The van der Waals surface area contributed by atoms with Crippen molar-refractivity contribution in [2.75, 3.05) is 0 Å².